The van der Waals surface area contributed by atoms with Crippen molar-refractivity contribution in [3.05, 3.63) is 58.7 Å². The zero-order chi connectivity index (χ0) is 16.3. The van der Waals surface area contributed by atoms with Crippen molar-refractivity contribution < 1.29 is 15.0 Å². The summed E-state index contributed by atoms with van der Waals surface area (Å²) in [4.78, 5) is 12.1. The lowest BCUT2D eigenvalue weighted by atomic mass is 10.1. The zero-order valence-electron chi connectivity index (χ0n) is 12.7. The molecule has 0 aromatic heterocycles. The van der Waals surface area contributed by atoms with Crippen LogP contribution in [0.1, 0.15) is 34.0 Å². The van der Waals surface area contributed by atoms with Gasteiger partial charge in [-0.2, -0.15) is 5.10 Å². The number of benzene rings is 2. The molecule has 0 spiro atoms. The Hall–Kier alpha value is -2.82. The Balaban J connectivity index is 2.18. The molecule has 0 bridgehead atoms. The van der Waals surface area contributed by atoms with Gasteiger partial charge in [0.05, 0.1) is 5.71 Å². The minimum absolute atomic E-state index is 0.0339. The molecule has 3 N–H and O–H groups in total. The number of hydrogen-bond donors (Lipinski definition) is 3. The largest absolute Gasteiger partial charge is 0.508 e. The van der Waals surface area contributed by atoms with Gasteiger partial charge in [-0.3, -0.25) is 4.79 Å². The minimum atomic E-state index is -0.310. The van der Waals surface area contributed by atoms with Crippen LogP contribution >= 0.6 is 0 Å². The second kappa shape index (κ2) is 6.30. The van der Waals surface area contributed by atoms with E-state index in [2.05, 4.69) is 10.5 Å². The molecular weight excluding hydrogens is 280 g/mol. The Labute approximate surface area is 128 Å². The van der Waals surface area contributed by atoms with Crippen molar-refractivity contribution in [3.63, 3.8) is 0 Å². The summed E-state index contributed by atoms with van der Waals surface area (Å²) in [5.74, 6) is -0.439. The van der Waals surface area contributed by atoms with Gasteiger partial charge in [-0.1, -0.05) is 17.7 Å². The summed E-state index contributed by atoms with van der Waals surface area (Å²) in [6.45, 7) is 5.49. The number of aryl methyl sites for hydroxylation is 2. The highest BCUT2D eigenvalue weighted by atomic mass is 16.3. The number of nitrogens with zero attached hydrogens (tertiary/aromatic N) is 1. The normalized spacial score (nSPS) is 11.3. The van der Waals surface area contributed by atoms with Crippen molar-refractivity contribution in [2.45, 2.75) is 20.8 Å². The average Bonchev–Trinajstić information content (AvgIpc) is 2.44. The molecule has 2 aromatic carbocycles. The first-order valence-corrected chi connectivity index (χ1v) is 6.82. The number of carbonyl (C=O) groups excluding carboxylic acids is 1. The molecule has 0 saturated heterocycles. The lowest BCUT2D eigenvalue weighted by Crippen LogP contribution is -2.20. The Bertz CT molecular complexity index is 752. The van der Waals surface area contributed by atoms with Crippen LogP contribution in [0.15, 0.2) is 41.5 Å². The number of hydrazone groups is 1. The number of rotatable bonds is 3. The molecule has 0 saturated carbocycles. The first kappa shape index (κ1) is 15.6. The predicted molar refractivity (Wildman–Crippen MR) is 85.4 cm³/mol. The molecule has 114 valence electrons. The van der Waals surface area contributed by atoms with Crippen molar-refractivity contribution in [3.8, 4) is 11.5 Å². The summed E-state index contributed by atoms with van der Waals surface area (Å²) < 4.78 is 0. The Morgan fingerprint density at radius 3 is 2.36 bits per heavy atom. The number of amides is 1. The number of aromatic hydroxyl groups is 2. The third-order valence-electron chi connectivity index (χ3n) is 3.32. The molecule has 22 heavy (non-hydrogen) atoms. The summed E-state index contributed by atoms with van der Waals surface area (Å²) >= 11 is 0. The topological polar surface area (TPSA) is 81.9 Å². The van der Waals surface area contributed by atoms with Gasteiger partial charge in [0.25, 0.3) is 5.91 Å². The zero-order valence-corrected chi connectivity index (χ0v) is 12.7. The van der Waals surface area contributed by atoms with E-state index in [1.807, 2.05) is 26.0 Å². The van der Waals surface area contributed by atoms with Gasteiger partial charge in [0.1, 0.15) is 11.5 Å². The molecule has 0 aliphatic heterocycles. The van der Waals surface area contributed by atoms with E-state index in [0.717, 1.165) is 11.1 Å². The van der Waals surface area contributed by atoms with Gasteiger partial charge >= 0.3 is 0 Å². The monoisotopic (exact) mass is 298 g/mol. The lowest BCUT2D eigenvalue weighted by Gasteiger charge is -2.07. The smallest absolute Gasteiger partial charge is 0.271 e. The predicted octanol–water partition coefficient (Wildman–Crippen LogP) is 2.87. The van der Waals surface area contributed by atoms with Crippen LogP contribution in [0.3, 0.4) is 0 Å². The first-order valence-electron chi connectivity index (χ1n) is 6.82. The molecule has 0 radical (unpaired) electrons. The van der Waals surface area contributed by atoms with Crippen LogP contribution in [-0.2, 0) is 0 Å². The van der Waals surface area contributed by atoms with Gasteiger partial charge in [0.2, 0.25) is 0 Å². The molecule has 5 heteroatoms. The van der Waals surface area contributed by atoms with Crippen LogP contribution in [0, 0.1) is 13.8 Å². The summed E-state index contributed by atoms with van der Waals surface area (Å²) in [5, 5.41) is 23.0. The van der Waals surface area contributed by atoms with Gasteiger partial charge < -0.3 is 10.2 Å². The first-order chi connectivity index (χ1) is 10.4. The fourth-order valence-electron chi connectivity index (χ4n) is 2.15. The van der Waals surface area contributed by atoms with Crippen molar-refractivity contribution >= 4 is 11.6 Å². The highest BCUT2D eigenvalue weighted by Gasteiger charge is 2.10. The second-order valence-electron chi connectivity index (χ2n) is 5.16. The molecule has 0 unspecified atom stereocenters. The number of carbonyl (C=O) groups is 1. The van der Waals surface area contributed by atoms with Crippen LogP contribution in [0.2, 0.25) is 0 Å². The maximum atomic E-state index is 12.1. The van der Waals surface area contributed by atoms with E-state index in [9.17, 15) is 15.0 Å². The van der Waals surface area contributed by atoms with Crippen molar-refractivity contribution in [2.24, 2.45) is 5.10 Å². The quantitative estimate of drug-likeness (QED) is 0.602. The molecule has 2 rings (SSSR count). The molecule has 0 aliphatic carbocycles. The SMILES string of the molecule is CC(=NNC(=O)c1ccc(C)cc1C)c1ccc(O)cc1O. The van der Waals surface area contributed by atoms with E-state index in [1.165, 1.54) is 18.2 Å². The van der Waals surface area contributed by atoms with Gasteiger partial charge in [0.15, 0.2) is 0 Å². The van der Waals surface area contributed by atoms with Gasteiger partial charge in [0, 0.05) is 17.2 Å². The maximum absolute atomic E-state index is 12.1. The number of hydrogen-bond acceptors (Lipinski definition) is 4. The summed E-state index contributed by atoms with van der Waals surface area (Å²) in [5.41, 5.74) is 5.87. The molecular formula is C17H18N2O3. The number of phenolic OH excluding ortho intramolecular Hbond substituents is 2. The van der Waals surface area contributed by atoms with Crippen molar-refractivity contribution in [1.82, 2.24) is 5.43 Å². The van der Waals surface area contributed by atoms with E-state index in [4.69, 9.17) is 0 Å². The molecule has 0 fully saturated rings. The average molecular weight is 298 g/mol. The Morgan fingerprint density at radius 1 is 1.05 bits per heavy atom. The molecule has 2 aromatic rings. The Kier molecular flexibility index (Phi) is 4.46. The van der Waals surface area contributed by atoms with Gasteiger partial charge in [-0.25, -0.2) is 5.43 Å². The van der Waals surface area contributed by atoms with Crippen LogP contribution in [0.5, 0.6) is 11.5 Å². The van der Waals surface area contributed by atoms with E-state index in [-0.39, 0.29) is 17.4 Å². The van der Waals surface area contributed by atoms with Crippen LogP contribution in [0.4, 0.5) is 0 Å². The van der Waals surface area contributed by atoms with Crippen LogP contribution in [0.25, 0.3) is 0 Å². The third-order valence-corrected chi connectivity index (χ3v) is 3.32. The van der Waals surface area contributed by atoms with Crippen molar-refractivity contribution in [1.29, 1.82) is 0 Å². The minimum Gasteiger partial charge on any atom is -0.508 e. The van der Waals surface area contributed by atoms with E-state index >= 15 is 0 Å². The molecule has 1 amide bonds. The lowest BCUT2D eigenvalue weighted by molar-refractivity contribution is 0.0954. The van der Waals surface area contributed by atoms with E-state index in [0.29, 0.717) is 16.8 Å². The number of phenols is 2. The van der Waals surface area contributed by atoms with E-state index < -0.39 is 0 Å². The summed E-state index contributed by atoms with van der Waals surface area (Å²) in [6.07, 6.45) is 0. The fraction of sp³-hybridized carbons (Fsp3) is 0.176. The number of nitrogens with one attached hydrogen (secondary N) is 1. The van der Waals surface area contributed by atoms with Gasteiger partial charge in [-0.05, 0) is 44.5 Å². The fourth-order valence-corrected chi connectivity index (χ4v) is 2.15. The molecule has 5 nitrogen and oxygen atoms in total. The van der Waals surface area contributed by atoms with Crippen molar-refractivity contribution in [2.75, 3.05) is 0 Å². The Morgan fingerprint density at radius 2 is 1.73 bits per heavy atom. The van der Waals surface area contributed by atoms with Crippen LogP contribution < -0.4 is 5.43 Å². The molecule has 0 atom stereocenters. The molecule has 0 aliphatic rings. The standard InChI is InChI=1S/C17H18N2O3/c1-10-4-6-14(11(2)8-10)17(22)19-18-12(3)15-7-5-13(20)9-16(15)21/h4-9,20-21H,1-3H3,(H,19,22). The van der Waals surface area contributed by atoms with E-state index in [1.54, 1.807) is 13.0 Å². The maximum Gasteiger partial charge on any atom is 0.271 e. The van der Waals surface area contributed by atoms with Gasteiger partial charge in [-0.15, -0.1) is 0 Å². The summed E-state index contributed by atoms with van der Waals surface area (Å²) in [6, 6.07) is 9.75. The van der Waals surface area contributed by atoms with Crippen LogP contribution in [-0.4, -0.2) is 21.8 Å². The second-order valence-corrected chi connectivity index (χ2v) is 5.16. The highest BCUT2D eigenvalue weighted by molar-refractivity contribution is 6.03. The highest BCUT2D eigenvalue weighted by Crippen LogP contribution is 2.23. The summed E-state index contributed by atoms with van der Waals surface area (Å²) in [7, 11) is 0. The molecule has 0 heterocycles. The third kappa shape index (κ3) is 3.44.